The highest BCUT2D eigenvalue weighted by Crippen LogP contribution is 2.74. The first-order valence-electron chi connectivity index (χ1n) is 9.32. The van der Waals surface area contributed by atoms with Gasteiger partial charge in [0.05, 0.1) is 24.4 Å². The Bertz CT molecular complexity index is 743. The van der Waals surface area contributed by atoms with E-state index >= 15 is 0 Å². The maximum atomic E-state index is 12.7. The third-order valence-corrected chi connectivity index (χ3v) is 8.03. The minimum atomic E-state index is -1.78. The van der Waals surface area contributed by atoms with Crippen LogP contribution in [0.15, 0.2) is 23.3 Å². The highest BCUT2D eigenvalue weighted by atomic mass is 16.3. The highest BCUT2D eigenvalue weighted by molar-refractivity contribution is 6.04. The molecule has 2 saturated carbocycles. The molecule has 5 N–H and O–H groups in total. The van der Waals surface area contributed by atoms with Crippen molar-refractivity contribution in [3.05, 3.63) is 23.3 Å². The van der Waals surface area contributed by atoms with Gasteiger partial charge in [0.15, 0.2) is 5.78 Å². The molecule has 0 radical (unpaired) electrons. The van der Waals surface area contributed by atoms with Gasteiger partial charge >= 0.3 is 0 Å². The molecular formula is C20H28O6. The molecule has 6 heteroatoms. The first-order valence-corrected chi connectivity index (χ1v) is 9.32. The van der Waals surface area contributed by atoms with Crippen LogP contribution in [0.25, 0.3) is 0 Å². The quantitative estimate of drug-likeness (QED) is 0.438. The number of aliphatic hydroxyl groups excluding tert-OH is 2. The molecule has 0 aromatic heterocycles. The van der Waals surface area contributed by atoms with Crippen LogP contribution >= 0.6 is 0 Å². The highest BCUT2D eigenvalue weighted by Gasteiger charge is 2.82. The standard InChI is InChI=1S/C20H28O6/c1-10-4-14-18(24,16(10)23)7-12(8-21)5-13-15-17(3,9-22)19(15,25)6-11(2)20(13,14)26/h4-5,11,13-15,21-22,24-26H,6-9H2,1-3H3/t11-,13+,14?,15-,17?,18-,19+,20-/m1/s1. The largest absolute Gasteiger partial charge is 0.396 e. The SMILES string of the molecule is CC1=CC2[C@@]3(O)[C@H](C)C[C@]4(O)[C@H]([C@@H]3C=C(CO)C[C@]2(O)C1=O)C4(C)CO. The molecule has 0 spiro atoms. The Kier molecular flexibility index (Phi) is 3.56. The Morgan fingerprint density at radius 1 is 1.19 bits per heavy atom. The number of ketones is 1. The molecule has 2 fully saturated rings. The van der Waals surface area contributed by atoms with Crippen LogP contribution < -0.4 is 0 Å². The van der Waals surface area contributed by atoms with Crippen molar-refractivity contribution in [1.29, 1.82) is 0 Å². The topological polar surface area (TPSA) is 118 Å². The van der Waals surface area contributed by atoms with Gasteiger partial charge in [0.25, 0.3) is 0 Å². The number of rotatable bonds is 2. The Morgan fingerprint density at radius 3 is 2.42 bits per heavy atom. The predicted octanol–water partition coefficient (Wildman–Crippen LogP) is -0.0683. The Hall–Kier alpha value is -1.05. The van der Waals surface area contributed by atoms with E-state index in [1.807, 2.05) is 6.92 Å². The molecule has 4 aliphatic carbocycles. The number of fused-ring (bicyclic) bond motifs is 5. The molecule has 4 rings (SSSR count). The van der Waals surface area contributed by atoms with E-state index in [1.54, 1.807) is 26.0 Å². The molecule has 6 nitrogen and oxygen atoms in total. The molecule has 0 heterocycles. The monoisotopic (exact) mass is 364 g/mol. The van der Waals surface area contributed by atoms with Crippen LogP contribution in [0.5, 0.6) is 0 Å². The van der Waals surface area contributed by atoms with Gasteiger partial charge in [0.1, 0.15) is 5.60 Å². The second-order valence-corrected chi connectivity index (χ2v) is 9.24. The van der Waals surface area contributed by atoms with E-state index < -0.39 is 51.7 Å². The van der Waals surface area contributed by atoms with Crippen LogP contribution in [0, 0.1) is 29.1 Å². The summed E-state index contributed by atoms with van der Waals surface area (Å²) in [5, 5.41) is 54.0. The number of Topliss-reactive ketones (excluding diaryl/α,β-unsaturated/α-hetero) is 1. The summed E-state index contributed by atoms with van der Waals surface area (Å²) in [6.07, 6.45) is 3.65. The average molecular weight is 364 g/mol. The first-order chi connectivity index (χ1) is 12.0. The number of carbonyl (C=O) groups is 1. The van der Waals surface area contributed by atoms with Gasteiger partial charge in [-0.05, 0) is 30.4 Å². The Balaban J connectivity index is 1.92. The lowest BCUT2D eigenvalue weighted by Crippen LogP contribution is -2.60. The van der Waals surface area contributed by atoms with Gasteiger partial charge in [-0.2, -0.15) is 0 Å². The van der Waals surface area contributed by atoms with Crippen LogP contribution in [0.1, 0.15) is 33.6 Å². The van der Waals surface area contributed by atoms with Crippen molar-refractivity contribution in [3.63, 3.8) is 0 Å². The summed E-state index contributed by atoms with van der Waals surface area (Å²) in [6.45, 7) is 4.72. The summed E-state index contributed by atoms with van der Waals surface area (Å²) in [6, 6.07) is 0. The second-order valence-electron chi connectivity index (χ2n) is 9.24. The van der Waals surface area contributed by atoms with Crippen molar-refractivity contribution in [2.24, 2.45) is 29.1 Å². The molecule has 2 unspecified atom stereocenters. The zero-order valence-electron chi connectivity index (χ0n) is 15.4. The van der Waals surface area contributed by atoms with Gasteiger partial charge in [0.2, 0.25) is 0 Å². The Morgan fingerprint density at radius 2 is 1.85 bits per heavy atom. The minimum Gasteiger partial charge on any atom is -0.396 e. The van der Waals surface area contributed by atoms with E-state index in [-0.39, 0.29) is 26.1 Å². The van der Waals surface area contributed by atoms with Gasteiger partial charge in [-0.25, -0.2) is 0 Å². The summed E-state index contributed by atoms with van der Waals surface area (Å²) in [4.78, 5) is 12.7. The summed E-state index contributed by atoms with van der Waals surface area (Å²) in [7, 11) is 0. The first kappa shape index (κ1) is 18.3. The Labute approximate surface area is 152 Å². The molecule has 0 amide bonds. The number of aliphatic hydroxyl groups is 5. The maximum Gasteiger partial charge on any atom is 0.190 e. The molecule has 0 aromatic rings. The lowest BCUT2D eigenvalue weighted by atomic mass is 9.60. The molecule has 0 bridgehead atoms. The second kappa shape index (κ2) is 5.06. The number of hydrogen-bond acceptors (Lipinski definition) is 6. The molecule has 144 valence electrons. The van der Waals surface area contributed by atoms with Crippen LogP contribution in [0.4, 0.5) is 0 Å². The zero-order chi connectivity index (χ0) is 19.3. The van der Waals surface area contributed by atoms with Crippen LogP contribution in [0.2, 0.25) is 0 Å². The lowest BCUT2D eigenvalue weighted by Gasteiger charge is -2.50. The summed E-state index contributed by atoms with van der Waals surface area (Å²) < 4.78 is 0. The van der Waals surface area contributed by atoms with Crippen LogP contribution in [0.3, 0.4) is 0 Å². The number of hydrogen-bond donors (Lipinski definition) is 5. The normalized spacial score (nSPS) is 55.3. The smallest absolute Gasteiger partial charge is 0.190 e. The summed E-state index contributed by atoms with van der Waals surface area (Å²) in [5.74, 6) is -2.58. The van der Waals surface area contributed by atoms with Gasteiger partial charge in [-0.3, -0.25) is 4.79 Å². The van der Waals surface area contributed by atoms with E-state index in [0.717, 1.165) is 0 Å². The number of carbonyl (C=O) groups excluding carboxylic acids is 1. The van der Waals surface area contributed by atoms with Crippen molar-refractivity contribution in [1.82, 2.24) is 0 Å². The van der Waals surface area contributed by atoms with E-state index in [4.69, 9.17) is 0 Å². The fourth-order valence-electron chi connectivity index (χ4n) is 6.46. The van der Waals surface area contributed by atoms with Crippen LogP contribution in [-0.4, -0.2) is 61.3 Å². The minimum absolute atomic E-state index is 0.0344. The average Bonchev–Trinajstić information content (AvgIpc) is 3.02. The lowest BCUT2D eigenvalue weighted by molar-refractivity contribution is -0.177. The molecular weight excluding hydrogens is 336 g/mol. The fraction of sp³-hybridized carbons (Fsp3) is 0.750. The van der Waals surface area contributed by atoms with Gasteiger partial charge in [-0.15, -0.1) is 0 Å². The molecule has 0 aromatic carbocycles. The molecule has 0 aliphatic heterocycles. The summed E-state index contributed by atoms with van der Waals surface area (Å²) >= 11 is 0. The van der Waals surface area contributed by atoms with E-state index in [1.165, 1.54) is 0 Å². The third-order valence-electron chi connectivity index (χ3n) is 8.03. The van der Waals surface area contributed by atoms with Gasteiger partial charge < -0.3 is 25.5 Å². The van der Waals surface area contributed by atoms with Crippen molar-refractivity contribution in [3.8, 4) is 0 Å². The van der Waals surface area contributed by atoms with E-state index in [2.05, 4.69) is 0 Å². The predicted molar refractivity (Wildman–Crippen MR) is 92.8 cm³/mol. The van der Waals surface area contributed by atoms with Crippen molar-refractivity contribution < 1.29 is 30.3 Å². The van der Waals surface area contributed by atoms with Gasteiger partial charge in [0, 0.05) is 29.6 Å². The maximum absolute atomic E-state index is 12.7. The molecule has 0 saturated heterocycles. The fourth-order valence-corrected chi connectivity index (χ4v) is 6.46. The summed E-state index contributed by atoms with van der Waals surface area (Å²) in [5.41, 5.74) is -4.17. The zero-order valence-corrected chi connectivity index (χ0v) is 15.4. The van der Waals surface area contributed by atoms with E-state index in [9.17, 15) is 30.3 Å². The molecule has 4 aliphatic rings. The molecule has 26 heavy (non-hydrogen) atoms. The van der Waals surface area contributed by atoms with Crippen LogP contribution in [-0.2, 0) is 4.79 Å². The van der Waals surface area contributed by atoms with Crippen molar-refractivity contribution in [2.75, 3.05) is 13.2 Å². The van der Waals surface area contributed by atoms with Crippen molar-refractivity contribution in [2.45, 2.75) is 50.4 Å². The third kappa shape index (κ3) is 1.77. The molecule has 8 atom stereocenters. The van der Waals surface area contributed by atoms with Gasteiger partial charge in [-0.1, -0.05) is 26.0 Å². The van der Waals surface area contributed by atoms with E-state index in [0.29, 0.717) is 11.1 Å². The van der Waals surface area contributed by atoms with Crippen molar-refractivity contribution >= 4 is 5.78 Å².